The molecule has 0 radical (unpaired) electrons. The zero-order valence-corrected chi connectivity index (χ0v) is 16.6. The summed E-state index contributed by atoms with van der Waals surface area (Å²) in [6.07, 6.45) is -0.558. The van der Waals surface area contributed by atoms with Crippen molar-refractivity contribution in [3.05, 3.63) is 75.7 Å². The van der Waals surface area contributed by atoms with E-state index in [0.717, 1.165) is 32.8 Å². The Morgan fingerprint density at radius 3 is 2.31 bits per heavy atom. The first-order valence-electron chi connectivity index (χ1n) is 9.28. The second kappa shape index (κ2) is 8.05. The first-order chi connectivity index (χ1) is 14.0. The molecule has 1 atom stereocenters. The number of nitrogens with one attached hydrogen (secondary N) is 1. The molecule has 1 unspecified atom stereocenters. The van der Waals surface area contributed by atoms with Crippen molar-refractivity contribution in [1.29, 1.82) is 0 Å². The molecule has 1 aromatic heterocycles. The van der Waals surface area contributed by atoms with Crippen molar-refractivity contribution >= 4 is 23.4 Å². The van der Waals surface area contributed by atoms with Crippen LogP contribution in [0.25, 0.3) is 11.1 Å². The third-order valence-electron chi connectivity index (χ3n) is 5.17. The number of fused-ring (bicyclic) bond motifs is 3. The van der Waals surface area contributed by atoms with Gasteiger partial charge < -0.3 is 15.2 Å². The third kappa shape index (κ3) is 3.86. The fourth-order valence-electron chi connectivity index (χ4n) is 3.69. The van der Waals surface area contributed by atoms with Crippen molar-refractivity contribution < 1.29 is 19.4 Å². The molecular weight excluding hydrogens is 388 g/mol. The highest BCUT2D eigenvalue weighted by molar-refractivity contribution is 7.09. The lowest BCUT2D eigenvalue weighted by atomic mass is 9.98. The number of hydrogen-bond donors (Lipinski definition) is 2. The Bertz CT molecular complexity index is 1020. The fraction of sp³-hybridized carbons (Fsp3) is 0.227. The van der Waals surface area contributed by atoms with Gasteiger partial charge in [-0.3, -0.25) is 0 Å². The Kier molecular flexibility index (Phi) is 5.31. The zero-order valence-electron chi connectivity index (χ0n) is 15.8. The Labute approximate surface area is 172 Å². The minimum atomic E-state index is -1.11. The van der Waals surface area contributed by atoms with E-state index in [1.54, 1.807) is 5.51 Å². The van der Waals surface area contributed by atoms with Gasteiger partial charge in [-0.05, 0) is 29.2 Å². The maximum absolute atomic E-state index is 12.3. The number of thiazole rings is 1. The largest absolute Gasteiger partial charge is 0.480 e. The SMILES string of the molecule is Cc1ncsc1CC(NC(=O)OCC1c2ccccc2-c2ccccc21)C(=O)O. The fourth-order valence-corrected chi connectivity index (χ4v) is 4.51. The Morgan fingerprint density at radius 1 is 1.14 bits per heavy atom. The highest BCUT2D eigenvalue weighted by Gasteiger charge is 2.30. The smallest absolute Gasteiger partial charge is 0.407 e. The van der Waals surface area contributed by atoms with E-state index in [0.29, 0.717) is 0 Å². The summed E-state index contributed by atoms with van der Waals surface area (Å²) >= 11 is 1.37. The summed E-state index contributed by atoms with van der Waals surface area (Å²) in [7, 11) is 0. The number of nitrogens with zero attached hydrogens (tertiary/aromatic N) is 1. The summed E-state index contributed by atoms with van der Waals surface area (Å²) in [5, 5.41) is 11.9. The minimum absolute atomic E-state index is 0.0693. The van der Waals surface area contributed by atoms with Crippen LogP contribution in [0.4, 0.5) is 4.79 Å². The molecule has 0 bridgehead atoms. The van der Waals surface area contributed by atoms with Crippen molar-refractivity contribution in [2.24, 2.45) is 0 Å². The predicted molar refractivity (Wildman–Crippen MR) is 110 cm³/mol. The van der Waals surface area contributed by atoms with Crippen LogP contribution in [0.2, 0.25) is 0 Å². The van der Waals surface area contributed by atoms with Gasteiger partial charge in [0.25, 0.3) is 0 Å². The summed E-state index contributed by atoms with van der Waals surface area (Å²) in [6, 6.07) is 15.0. The van der Waals surface area contributed by atoms with Crippen LogP contribution in [0.1, 0.15) is 27.6 Å². The monoisotopic (exact) mass is 408 g/mol. The van der Waals surface area contributed by atoms with Crippen molar-refractivity contribution in [3.63, 3.8) is 0 Å². The molecule has 148 valence electrons. The maximum atomic E-state index is 12.3. The van der Waals surface area contributed by atoms with Gasteiger partial charge in [-0.15, -0.1) is 11.3 Å². The lowest BCUT2D eigenvalue weighted by Gasteiger charge is -2.17. The molecule has 0 saturated carbocycles. The Morgan fingerprint density at radius 2 is 1.76 bits per heavy atom. The molecule has 6 nitrogen and oxygen atoms in total. The van der Waals surface area contributed by atoms with Crippen LogP contribution in [0.3, 0.4) is 0 Å². The number of hydrogen-bond acceptors (Lipinski definition) is 5. The number of rotatable bonds is 6. The summed E-state index contributed by atoms with van der Waals surface area (Å²) in [5.74, 6) is -1.17. The number of amides is 1. The summed E-state index contributed by atoms with van der Waals surface area (Å²) in [5.41, 5.74) is 6.93. The minimum Gasteiger partial charge on any atom is -0.480 e. The second-order valence-corrected chi connectivity index (χ2v) is 7.87. The van der Waals surface area contributed by atoms with Gasteiger partial charge >= 0.3 is 12.1 Å². The van der Waals surface area contributed by atoms with E-state index in [1.807, 2.05) is 43.3 Å². The zero-order chi connectivity index (χ0) is 20.4. The van der Waals surface area contributed by atoms with E-state index in [4.69, 9.17) is 4.74 Å². The molecule has 2 N–H and O–H groups in total. The topological polar surface area (TPSA) is 88.5 Å². The number of benzene rings is 2. The predicted octanol–water partition coefficient (Wildman–Crippen LogP) is 3.99. The standard InChI is InChI=1S/C22H20N2O4S/c1-13-20(29-12-23-13)10-19(21(25)26)24-22(27)28-11-18-16-8-4-2-6-14(16)15-7-3-5-9-17(15)18/h2-9,12,18-19H,10-11H2,1H3,(H,24,27)(H,25,26). The van der Waals surface area contributed by atoms with E-state index in [-0.39, 0.29) is 18.9 Å². The van der Waals surface area contributed by atoms with Crippen LogP contribution in [-0.2, 0) is 16.0 Å². The number of aromatic nitrogens is 1. The molecule has 4 rings (SSSR count). The first-order valence-corrected chi connectivity index (χ1v) is 10.2. The van der Waals surface area contributed by atoms with Crippen LogP contribution >= 0.6 is 11.3 Å². The van der Waals surface area contributed by atoms with Crippen molar-refractivity contribution in [1.82, 2.24) is 10.3 Å². The van der Waals surface area contributed by atoms with Crippen molar-refractivity contribution in [3.8, 4) is 11.1 Å². The Hall–Kier alpha value is -3.19. The van der Waals surface area contributed by atoms with Gasteiger partial charge in [-0.1, -0.05) is 48.5 Å². The lowest BCUT2D eigenvalue weighted by Crippen LogP contribution is -2.42. The molecule has 0 spiro atoms. The number of alkyl carbamates (subject to hydrolysis) is 1. The molecule has 2 aromatic carbocycles. The van der Waals surface area contributed by atoms with Crippen molar-refractivity contribution in [2.45, 2.75) is 25.3 Å². The number of carbonyl (C=O) groups is 2. The summed E-state index contributed by atoms with van der Waals surface area (Å²) in [4.78, 5) is 28.9. The number of aryl methyl sites for hydroxylation is 1. The van der Waals surface area contributed by atoms with Gasteiger partial charge in [0.1, 0.15) is 12.6 Å². The molecule has 29 heavy (non-hydrogen) atoms. The van der Waals surface area contributed by atoms with E-state index in [1.165, 1.54) is 11.3 Å². The van der Waals surface area contributed by atoms with Crippen LogP contribution in [0, 0.1) is 6.92 Å². The highest BCUT2D eigenvalue weighted by atomic mass is 32.1. The maximum Gasteiger partial charge on any atom is 0.407 e. The lowest BCUT2D eigenvalue weighted by molar-refractivity contribution is -0.139. The average molecular weight is 408 g/mol. The molecule has 0 fully saturated rings. The van der Waals surface area contributed by atoms with Gasteiger partial charge in [0.15, 0.2) is 0 Å². The average Bonchev–Trinajstić information content (AvgIpc) is 3.27. The van der Waals surface area contributed by atoms with Gasteiger partial charge in [0.2, 0.25) is 0 Å². The normalized spacial score (nSPS) is 13.4. The van der Waals surface area contributed by atoms with Gasteiger partial charge in [0.05, 0.1) is 11.2 Å². The molecule has 3 aromatic rings. The van der Waals surface area contributed by atoms with Gasteiger partial charge in [-0.2, -0.15) is 0 Å². The number of carbonyl (C=O) groups excluding carboxylic acids is 1. The molecule has 0 aliphatic heterocycles. The molecule has 0 saturated heterocycles. The molecule has 1 aliphatic rings. The van der Waals surface area contributed by atoms with E-state index in [2.05, 4.69) is 22.4 Å². The summed E-state index contributed by atoms with van der Waals surface area (Å²) < 4.78 is 5.44. The number of carboxylic acid groups (broad SMARTS) is 1. The number of aliphatic carboxylic acids is 1. The number of carboxylic acids is 1. The van der Waals surface area contributed by atoms with Crippen molar-refractivity contribution in [2.75, 3.05) is 6.61 Å². The van der Waals surface area contributed by atoms with E-state index < -0.39 is 18.1 Å². The van der Waals surface area contributed by atoms with Crippen LogP contribution < -0.4 is 5.32 Å². The molecular formula is C22H20N2O4S. The second-order valence-electron chi connectivity index (χ2n) is 6.93. The molecule has 7 heteroatoms. The first kappa shape index (κ1) is 19.1. The number of ether oxygens (including phenoxy) is 1. The quantitative estimate of drug-likeness (QED) is 0.644. The Balaban J connectivity index is 1.44. The molecule has 1 aliphatic carbocycles. The van der Waals surface area contributed by atoms with E-state index >= 15 is 0 Å². The molecule has 1 heterocycles. The summed E-state index contributed by atoms with van der Waals surface area (Å²) in [6.45, 7) is 1.96. The van der Waals surface area contributed by atoms with Crippen LogP contribution in [-0.4, -0.2) is 34.8 Å². The van der Waals surface area contributed by atoms with Gasteiger partial charge in [0, 0.05) is 17.2 Å². The van der Waals surface area contributed by atoms with Gasteiger partial charge in [-0.25, -0.2) is 14.6 Å². The van der Waals surface area contributed by atoms with Crippen LogP contribution in [0.5, 0.6) is 0 Å². The van der Waals surface area contributed by atoms with E-state index in [9.17, 15) is 14.7 Å². The third-order valence-corrected chi connectivity index (χ3v) is 6.13. The molecule has 1 amide bonds. The van der Waals surface area contributed by atoms with Crippen LogP contribution in [0.15, 0.2) is 54.0 Å². The highest BCUT2D eigenvalue weighted by Crippen LogP contribution is 2.44.